The molecule has 1 aromatic heterocycles. The van der Waals surface area contributed by atoms with E-state index in [0.29, 0.717) is 17.1 Å². The second-order valence-corrected chi connectivity index (χ2v) is 8.50. The Morgan fingerprint density at radius 2 is 1.67 bits per heavy atom. The van der Waals surface area contributed by atoms with E-state index in [0.717, 1.165) is 31.2 Å². The summed E-state index contributed by atoms with van der Waals surface area (Å²) in [5.41, 5.74) is 1.38. The molecule has 144 valence electrons. The highest BCUT2D eigenvalue weighted by Gasteiger charge is 2.32. The second-order valence-electron chi connectivity index (χ2n) is 7.40. The number of nitrogens with one attached hydrogen (secondary N) is 2. The number of aromatic amines is 1. The first-order valence-corrected chi connectivity index (χ1v) is 10.7. The summed E-state index contributed by atoms with van der Waals surface area (Å²) in [6, 6.07) is 7.09. The van der Waals surface area contributed by atoms with E-state index in [1.807, 2.05) is 16.8 Å². The van der Waals surface area contributed by atoms with Crippen LogP contribution in [0.4, 0.5) is 5.82 Å². The summed E-state index contributed by atoms with van der Waals surface area (Å²) < 4.78 is 1.92. The van der Waals surface area contributed by atoms with Crippen LogP contribution >= 0.6 is 11.8 Å². The highest BCUT2D eigenvalue weighted by molar-refractivity contribution is 8.00. The van der Waals surface area contributed by atoms with Gasteiger partial charge in [0.1, 0.15) is 11.6 Å². The molecule has 0 radical (unpaired) electrons. The van der Waals surface area contributed by atoms with Crippen molar-refractivity contribution in [2.75, 3.05) is 11.1 Å². The Hall–Kier alpha value is -2.15. The molecule has 3 N–H and O–H groups in total. The van der Waals surface area contributed by atoms with Crippen LogP contribution in [-0.4, -0.2) is 26.5 Å². The first kappa shape index (κ1) is 18.2. The minimum atomic E-state index is -0.238. The number of carbonyl (C=O) groups is 1. The summed E-state index contributed by atoms with van der Waals surface area (Å²) in [5.74, 6) is 1.03. The Bertz CT molecular complexity index is 864. The average Bonchev–Trinajstić information content (AvgIpc) is 2.82. The molecule has 0 spiro atoms. The number of phenols is 1. The Morgan fingerprint density at radius 3 is 2.37 bits per heavy atom. The summed E-state index contributed by atoms with van der Waals surface area (Å²) >= 11 is 1.45. The summed E-state index contributed by atoms with van der Waals surface area (Å²) in [5, 5.41) is 15.3. The molecule has 1 saturated carbocycles. The predicted molar refractivity (Wildman–Crippen MR) is 107 cm³/mol. The zero-order valence-corrected chi connectivity index (χ0v) is 16.1. The molecule has 27 heavy (non-hydrogen) atoms. The Balaban J connectivity index is 1.76. The number of nitrogens with zero attached hydrogens (tertiary/aromatic N) is 1. The fourth-order valence-corrected chi connectivity index (χ4v) is 5.25. The van der Waals surface area contributed by atoms with E-state index in [1.54, 1.807) is 12.1 Å². The molecule has 4 rings (SSSR count). The zero-order valence-electron chi connectivity index (χ0n) is 15.2. The zero-order chi connectivity index (χ0) is 18.8. The lowest BCUT2D eigenvalue weighted by Crippen LogP contribution is -2.20. The van der Waals surface area contributed by atoms with Crippen LogP contribution in [0.15, 0.2) is 29.1 Å². The summed E-state index contributed by atoms with van der Waals surface area (Å²) in [6.45, 7) is 0. The van der Waals surface area contributed by atoms with Gasteiger partial charge in [-0.1, -0.05) is 44.2 Å². The Morgan fingerprint density at radius 1 is 1.00 bits per heavy atom. The van der Waals surface area contributed by atoms with Gasteiger partial charge in [0.25, 0.3) is 5.56 Å². The molecule has 1 aliphatic carbocycles. The number of thioether (sulfide) groups is 1. The second kappa shape index (κ2) is 7.84. The number of H-pyrrole nitrogens is 1. The van der Waals surface area contributed by atoms with Gasteiger partial charge < -0.3 is 10.4 Å². The van der Waals surface area contributed by atoms with Gasteiger partial charge in [0.2, 0.25) is 5.91 Å². The van der Waals surface area contributed by atoms with E-state index in [2.05, 4.69) is 10.4 Å². The van der Waals surface area contributed by atoms with Crippen molar-refractivity contribution in [3.05, 3.63) is 45.7 Å². The third-order valence-electron chi connectivity index (χ3n) is 5.50. The van der Waals surface area contributed by atoms with Gasteiger partial charge in [-0.15, -0.1) is 11.8 Å². The van der Waals surface area contributed by atoms with E-state index in [4.69, 9.17) is 0 Å². The number of amides is 1. The Kier molecular flexibility index (Phi) is 5.29. The third-order valence-corrected chi connectivity index (χ3v) is 6.77. The number of hydrogen-bond donors (Lipinski definition) is 3. The number of fused-ring (bicyclic) bond motifs is 1. The van der Waals surface area contributed by atoms with Crippen molar-refractivity contribution in [2.45, 2.75) is 56.2 Å². The number of aromatic hydroxyl groups is 1. The molecular weight excluding hydrogens is 362 g/mol. The standard InChI is InChI=1S/C20H25N3O3S/c24-15-10-8-13(9-11-15)18-17-19(21-16(25)12-27-18)23(22-20(17)26)14-6-4-2-1-3-5-7-14/h8-11,14,18,24H,1-7,12H2,(H,21,25)(H,22,26). The van der Waals surface area contributed by atoms with Crippen LogP contribution in [0.1, 0.15) is 67.4 Å². The number of anilines is 1. The monoisotopic (exact) mass is 387 g/mol. The average molecular weight is 388 g/mol. The van der Waals surface area contributed by atoms with Gasteiger partial charge in [0.05, 0.1) is 22.6 Å². The van der Waals surface area contributed by atoms with Crippen LogP contribution < -0.4 is 10.9 Å². The van der Waals surface area contributed by atoms with Crippen LogP contribution in [0.3, 0.4) is 0 Å². The SMILES string of the molecule is O=C1CSC(c2ccc(O)cc2)c2c(n(C3CCCCCCC3)[nH]c2=O)N1. The maximum Gasteiger partial charge on any atom is 0.270 e. The largest absolute Gasteiger partial charge is 0.508 e. The number of benzene rings is 1. The molecule has 7 heteroatoms. The molecule has 0 saturated heterocycles. The first-order chi connectivity index (χ1) is 13.1. The van der Waals surface area contributed by atoms with Crippen molar-refractivity contribution in [3.63, 3.8) is 0 Å². The summed E-state index contributed by atoms with van der Waals surface area (Å²) in [4.78, 5) is 25.2. The van der Waals surface area contributed by atoms with E-state index in [1.165, 1.54) is 31.0 Å². The van der Waals surface area contributed by atoms with Gasteiger partial charge in [0.15, 0.2) is 0 Å². The highest BCUT2D eigenvalue weighted by atomic mass is 32.2. The molecule has 1 aromatic carbocycles. The van der Waals surface area contributed by atoms with Gasteiger partial charge in [-0.2, -0.15) is 0 Å². The van der Waals surface area contributed by atoms with E-state index in [9.17, 15) is 14.7 Å². The maximum atomic E-state index is 12.9. The minimum absolute atomic E-state index is 0.0823. The van der Waals surface area contributed by atoms with Gasteiger partial charge in [-0.05, 0) is 30.5 Å². The molecule has 1 unspecified atom stereocenters. The van der Waals surface area contributed by atoms with Crippen molar-refractivity contribution < 1.29 is 9.90 Å². The molecule has 2 aliphatic rings. The van der Waals surface area contributed by atoms with E-state index in [-0.39, 0.29) is 28.5 Å². The fourth-order valence-electron chi connectivity index (χ4n) is 4.12. The third kappa shape index (κ3) is 3.78. The van der Waals surface area contributed by atoms with Gasteiger partial charge in [-0.3, -0.25) is 19.4 Å². The number of hydrogen-bond acceptors (Lipinski definition) is 4. The molecule has 1 amide bonds. The molecule has 1 atom stereocenters. The van der Waals surface area contributed by atoms with Crippen molar-refractivity contribution >= 4 is 23.5 Å². The number of rotatable bonds is 2. The normalized spacial score (nSPS) is 21.6. The van der Waals surface area contributed by atoms with Crippen LogP contribution in [0.5, 0.6) is 5.75 Å². The lowest BCUT2D eigenvalue weighted by molar-refractivity contribution is -0.113. The van der Waals surface area contributed by atoms with Crippen LogP contribution in [-0.2, 0) is 4.79 Å². The molecule has 2 aromatic rings. The summed E-state index contributed by atoms with van der Waals surface area (Å²) in [6.07, 6.45) is 8.05. The smallest absolute Gasteiger partial charge is 0.270 e. The lowest BCUT2D eigenvalue weighted by Gasteiger charge is -2.23. The Labute approximate surface area is 162 Å². The van der Waals surface area contributed by atoms with Crippen LogP contribution in [0, 0.1) is 0 Å². The first-order valence-electron chi connectivity index (χ1n) is 9.68. The van der Waals surface area contributed by atoms with Crippen LogP contribution in [0.25, 0.3) is 0 Å². The van der Waals surface area contributed by atoms with Gasteiger partial charge >= 0.3 is 0 Å². The minimum Gasteiger partial charge on any atom is -0.508 e. The van der Waals surface area contributed by atoms with Crippen LogP contribution in [0.2, 0.25) is 0 Å². The van der Waals surface area contributed by atoms with Gasteiger partial charge in [0, 0.05) is 0 Å². The van der Waals surface area contributed by atoms with Crippen molar-refractivity contribution in [3.8, 4) is 5.75 Å². The fraction of sp³-hybridized carbons (Fsp3) is 0.500. The molecule has 1 fully saturated rings. The lowest BCUT2D eigenvalue weighted by atomic mass is 9.96. The van der Waals surface area contributed by atoms with Crippen molar-refractivity contribution in [2.24, 2.45) is 0 Å². The maximum absolute atomic E-state index is 12.9. The predicted octanol–water partition coefficient (Wildman–Crippen LogP) is 3.94. The summed E-state index contributed by atoms with van der Waals surface area (Å²) in [7, 11) is 0. The van der Waals surface area contributed by atoms with Crippen molar-refractivity contribution in [1.82, 2.24) is 9.78 Å². The number of aromatic nitrogens is 2. The molecule has 0 bridgehead atoms. The molecular formula is C20H25N3O3S. The molecule has 2 heterocycles. The highest BCUT2D eigenvalue weighted by Crippen LogP contribution is 2.41. The van der Waals surface area contributed by atoms with Crippen molar-refractivity contribution in [1.29, 1.82) is 0 Å². The van der Waals surface area contributed by atoms with E-state index >= 15 is 0 Å². The number of phenolic OH excluding ortho intramolecular Hbond substituents is 1. The molecule has 6 nitrogen and oxygen atoms in total. The van der Waals surface area contributed by atoms with E-state index < -0.39 is 0 Å². The quantitative estimate of drug-likeness (QED) is 0.728. The topological polar surface area (TPSA) is 87.1 Å². The molecule has 1 aliphatic heterocycles. The van der Waals surface area contributed by atoms with Gasteiger partial charge in [-0.25, -0.2) is 0 Å². The number of carbonyl (C=O) groups excluding carboxylic acids is 1.